The molecule has 15 aromatic carbocycles. The van der Waals surface area contributed by atoms with E-state index in [0.717, 1.165) is 160 Å². The van der Waals surface area contributed by atoms with Gasteiger partial charge in [-0.05, 0) is 178 Å². The van der Waals surface area contributed by atoms with Gasteiger partial charge in [0.05, 0.1) is 38.5 Å². The van der Waals surface area contributed by atoms with Gasteiger partial charge in [0.2, 0.25) is 0 Å². The fourth-order valence-corrected chi connectivity index (χ4v) is 16.3. The molecular formula is C94H65BN4. The Morgan fingerprint density at radius 1 is 0.283 bits per heavy atom. The second kappa shape index (κ2) is 22.1. The lowest BCUT2D eigenvalue weighted by Gasteiger charge is -2.45. The number of hydrogen-bond acceptors (Lipinski definition) is 2. The maximum absolute atomic E-state index is 9.81. The van der Waals surface area contributed by atoms with Gasteiger partial charge >= 0.3 is 0 Å². The first kappa shape index (κ1) is 49.1. The first-order chi connectivity index (χ1) is 52.1. The number of para-hydroxylation sites is 4. The minimum atomic E-state index is -0.517. The van der Waals surface area contributed by atoms with Crippen molar-refractivity contribution < 1.29 is 11.0 Å². The summed E-state index contributed by atoms with van der Waals surface area (Å²) in [5, 5.41) is 8.87. The van der Waals surface area contributed by atoms with Crippen molar-refractivity contribution >= 4 is 139 Å². The van der Waals surface area contributed by atoms with Crippen molar-refractivity contribution in [3.8, 4) is 50.2 Å². The topological polar surface area (TPSA) is 15.8 Å². The van der Waals surface area contributed by atoms with Crippen LogP contribution >= 0.6 is 0 Å². The molecule has 0 saturated carbocycles. The van der Waals surface area contributed by atoms with Crippen LogP contribution in [0.3, 0.4) is 0 Å². The van der Waals surface area contributed by atoms with Crippen molar-refractivity contribution in [2.24, 2.45) is 0 Å². The fourth-order valence-electron chi connectivity index (χ4n) is 16.3. The predicted molar refractivity (Wildman–Crippen MR) is 423 cm³/mol. The fraction of sp³-hybridized carbons (Fsp3) is 0.0426. The van der Waals surface area contributed by atoms with Crippen LogP contribution in [0.25, 0.3) is 132 Å². The molecule has 20 rings (SSSR count). The van der Waals surface area contributed by atoms with Gasteiger partial charge in [0.1, 0.15) is 0 Å². The predicted octanol–water partition coefficient (Wildman–Crippen LogP) is 23.4. The van der Waals surface area contributed by atoms with Crippen LogP contribution in [0.15, 0.2) is 340 Å². The molecule has 0 unspecified atom stereocenters. The van der Waals surface area contributed by atoms with Gasteiger partial charge in [-0.25, -0.2) is 0 Å². The minimum absolute atomic E-state index is 0.0130. The molecule has 5 heterocycles. The molecule has 0 spiro atoms. The molecule has 0 radical (unpaired) electrons. The third-order valence-electron chi connectivity index (χ3n) is 20.8. The van der Waals surface area contributed by atoms with E-state index in [1.807, 2.05) is 18.2 Å². The van der Waals surface area contributed by atoms with Crippen LogP contribution in [0.1, 0.15) is 37.3 Å². The van der Waals surface area contributed by atoms with Crippen LogP contribution < -0.4 is 26.2 Å². The van der Waals surface area contributed by atoms with E-state index in [-0.39, 0.29) is 33.9 Å². The van der Waals surface area contributed by atoms with E-state index < -0.39 is 48.4 Å². The zero-order valence-electron chi connectivity index (χ0n) is 62.6. The van der Waals surface area contributed by atoms with Crippen LogP contribution in [-0.4, -0.2) is 15.7 Å². The average Bonchev–Trinajstić information content (AvgIpc) is 1.19. The Balaban J connectivity index is 1.00. The minimum Gasteiger partial charge on any atom is -0.311 e. The molecule has 4 nitrogen and oxygen atoms in total. The van der Waals surface area contributed by atoms with E-state index in [1.165, 1.54) is 0 Å². The van der Waals surface area contributed by atoms with Crippen LogP contribution in [0.5, 0.6) is 0 Å². The van der Waals surface area contributed by atoms with Crippen LogP contribution in [0, 0.1) is 0 Å². The SMILES string of the molecule is [2H]c1c([2H])c([2H])c2c(c1[2H])c1c([2H])c([2H])c([2H])c([2H])c1n2-c1ccc2c(c1)N(c1cc(-c3ccccc3)cc(-c3ccccc3)c1)c1cc(C(C)(C)C)cc3c1B2c1cc2c4ccccc4c4ccccc4c4cccc5c6ccccc6n(c2cc1N3c1cc(-c2ccccc2)cc(-c2ccccc2)c1)c45. The van der Waals surface area contributed by atoms with E-state index in [4.69, 9.17) is 2.74 Å². The van der Waals surface area contributed by atoms with Crippen molar-refractivity contribution in [3.63, 3.8) is 0 Å². The zero-order valence-corrected chi connectivity index (χ0v) is 54.6. The Bertz CT molecular complexity index is 6720. The summed E-state index contributed by atoms with van der Waals surface area (Å²) in [4.78, 5) is 4.94. The first-order valence-corrected chi connectivity index (χ1v) is 33.9. The average molecular weight is 1270 g/mol. The summed E-state index contributed by atoms with van der Waals surface area (Å²) in [5.74, 6) is 0. The quantitative estimate of drug-likeness (QED) is 0.148. The smallest absolute Gasteiger partial charge is 0.252 e. The van der Waals surface area contributed by atoms with Gasteiger partial charge in [0.25, 0.3) is 6.71 Å². The van der Waals surface area contributed by atoms with E-state index in [0.29, 0.717) is 5.69 Å². The first-order valence-electron chi connectivity index (χ1n) is 37.9. The largest absolute Gasteiger partial charge is 0.311 e. The Morgan fingerprint density at radius 3 is 1.19 bits per heavy atom. The van der Waals surface area contributed by atoms with Crippen LogP contribution in [0.2, 0.25) is 0 Å². The number of nitrogens with zero attached hydrogens (tertiary/aromatic N) is 4. The number of rotatable bonds is 7. The molecule has 0 aliphatic carbocycles. The number of hydrogen-bond donors (Lipinski definition) is 0. The molecule has 0 atom stereocenters. The molecule has 0 fully saturated rings. The third-order valence-corrected chi connectivity index (χ3v) is 20.8. The molecule has 464 valence electrons. The standard InChI is InChI=1S/C94H65BN4/c1-94(2,3)68-55-90-92-91(56-68)98(71-53-66(62-31-12-6-13-32-62)50-67(54-71)63-33-14-7-15-34-63)89-59-87-81(75-38-19-17-36-73(75)72-35-16-18-37-74(72)79-42-26-43-80-78-41-22-25-46-86(78)99(87)93(79)80)58-83(89)95(92)82-48-47-69(96-84-44-23-20-39-76(84)77-40-21-24-45-85(77)96)57-88(82)97(90)70-51-64(60-27-8-4-9-28-60)49-65(52-70)61-29-10-5-11-30-61/h4-59H,1-3H3/i20D,21D,23D,24D,39D,40D,44D,45D. The monoisotopic (exact) mass is 1270 g/mol. The molecule has 5 heteroatoms. The van der Waals surface area contributed by atoms with Gasteiger partial charge in [0, 0.05) is 72.1 Å². The van der Waals surface area contributed by atoms with Crippen molar-refractivity contribution in [1.82, 2.24) is 8.97 Å². The summed E-state index contributed by atoms with van der Waals surface area (Å²) in [6.45, 7) is 6.31. The van der Waals surface area contributed by atoms with Gasteiger partial charge in [-0.1, -0.05) is 275 Å². The Labute approximate surface area is 586 Å². The second-order valence-electron chi connectivity index (χ2n) is 27.4. The van der Waals surface area contributed by atoms with Crippen LogP contribution in [0.4, 0.5) is 34.1 Å². The highest BCUT2D eigenvalue weighted by atomic mass is 15.2. The van der Waals surface area contributed by atoms with E-state index in [9.17, 15) is 8.22 Å². The highest BCUT2D eigenvalue weighted by molar-refractivity contribution is 7.00. The lowest BCUT2D eigenvalue weighted by Crippen LogP contribution is -2.61. The summed E-state index contributed by atoms with van der Waals surface area (Å²) in [5.41, 5.74) is 21.1. The molecule has 0 saturated heterocycles. The summed E-state index contributed by atoms with van der Waals surface area (Å²) in [6.07, 6.45) is 0. The van der Waals surface area contributed by atoms with Gasteiger partial charge in [-0.15, -0.1) is 0 Å². The summed E-state index contributed by atoms with van der Waals surface area (Å²) in [7, 11) is 0. The highest BCUT2D eigenvalue weighted by Crippen LogP contribution is 2.51. The van der Waals surface area contributed by atoms with E-state index in [2.05, 4.69) is 308 Å². The van der Waals surface area contributed by atoms with Gasteiger partial charge in [-0.3, -0.25) is 0 Å². The molecule has 0 amide bonds. The maximum Gasteiger partial charge on any atom is 0.252 e. The number of aromatic nitrogens is 2. The van der Waals surface area contributed by atoms with Gasteiger partial charge < -0.3 is 18.8 Å². The van der Waals surface area contributed by atoms with E-state index >= 15 is 0 Å². The Morgan fingerprint density at radius 2 is 0.697 bits per heavy atom. The van der Waals surface area contributed by atoms with Gasteiger partial charge in [0.15, 0.2) is 0 Å². The third kappa shape index (κ3) is 8.87. The second-order valence-corrected chi connectivity index (χ2v) is 27.4. The van der Waals surface area contributed by atoms with Crippen molar-refractivity contribution in [1.29, 1.82) is 0 Å². The number of fused-ring (bicyclic) bond motifs is 17. The molecule has 0 bridgehead atoms. The maximum atomic E-state index is 9.81. The molecule has 2 aliphatic heterocycles. The molecule has 3 aromatic heterocycles. The van der Waals surface area contributed by atoms with Crippen molar-refractivity contribution in [3.05, 3.63) is 345 Å². The normalized spacial score (nSPS) is 13.9. The highest BCUT2D eigenvalue weighted by Gasteiger charge is 2.45. The summed E-state index contributed by atoms with van der Waals surface area (Å²) >= 11 is 0. The lowest BCUT2D eigenvalue weighted by atomic mass is 9.33. The van der Waals surface area contributed by atoms with Crippen molar-refractivity contribution in [2.45, 2.75) is 26.2 Å². The number of benzene rings is 15. The summed E-state index contributed by atoms with van der Waals surface area (Å²) in [6, 6.07) is 102. The zero-order chi connectivity index (χ0) is 72.6. The van der Waals surface area contributed by atoms with E-state index in [1.54, 1.807) is 4.57 Å². The molecule has 18 aromatic rings. The molecule has 99 heavy (non-hydrogen) atoms. The Hall–Kier alpha value is -12.4. The Kier molecular flexibility index (Phi) is 10.9. The lowest BCUT2D eigenvalue weighted by molar-refractivity contribution is 0.590. The molecule has 2 aliphatic rings. The van der Waals surface area contributed by atoms with Crippen molar-refractivity contribution in [2.75, 3.05) is 9.80 Å². The van der Waals surface area contributed by atoms with Gasteiger partial charge in [-0.2, -0.15) is 0 Å². The number of anilines is 6. The van der Waals surface area contributed by atoms with Crippen LogP contribution in [-0.2, 0) is 5.41 Å². The molecule has 0 N–H and O–H groups in total. The molecular weight excluding hydrogens is 1200 g/mol. The summed E-state index contributed by atoms with van der Waals surface area (Å²) < 4.78 is 79.5.